The number of para-hydroxylation sites is 2. The minimum atomic E-state index is -0.185. The Bertz CT molecular complexity index is 1250. The van der Waals surface area contributed by atoms with Crippen LogP contribution in [0.4, 0.5) is 11.4 Å². The Morgan fingerprint density at radius 1 is 0.812 bits per heavy atom. The van der Waals surface area contributed by atoms with Crippen molar-refractivity contribution in [2.45, 2.75) is 6.42 Å². The van der Waals surface area contributed by atoms with Gasteiger partial charge in [-0.2, -0.15) is 0 Å². The van der Waals surface area contributed by atoms with Gasteiger partial charge in [0.15, 0.2) is 0 Å². The van der Waals surface area contributed by atoms with Crippen molar-refractivity contribution in [3.05, 3.63) is 77.4 Å². The highest BCUT2D eigenvalue weighted by atomic mass is 16.1. The molecule has 1 atom stereocenters. The number of nitrogens with one attached hydrogen (secondary N) is 2. The van der Waals surface area contributed by atoms with Gasteiger partial charge < -0.3 is 10.6 Å². The highest BCUT2D eigenvalue weighted by molar-refractivity contribution is 6.24. The number of amides is 2. The lowest BCUT2D eigenvalue weighted by Crippen LogP contribution is -2.24. The van der Waals surface area contributed by atoms with Gasteiger partial charge in [-0.15, -0.1) is 0 Å². The quantitative estimate of drug-likeness (QED) is 0.696. The molecule has 1 unspecified atom stereocenters. The van der Waals surface area contributed by atoms with Crippen molar-refractivity contribution in [2.24, 2.45) is 25.9 Å². The molecule has 2 N–H and O–H groups in total. The summed E-state index contributed by atoms with van der Waals surface area (Å²) in [4.78, 5) is 40.7. The van der Waals surface area contributed by atoms with E-state index in [4.69, 9.17) is 9.98 Å². The molecule has 8 nitrogen and oxygen atoms in total. The van der Waals surface area contributed by atoms with Crippen molar-refractivity contribution >= 4 is 53.6 Å². The van der Waals surface area contributed by atoms with Crippen LogP contribution in [0.3, 0.4) is 0 Å². The molecule has 0 fully saturated rings. The van der Waals surface area contributed by atoms with Gasteiger partial charge in [-0.1, -0.05) is 36.4 Å². The van der Waals surface area contributed by atoms with Crippen molar-refractivity contribution in [3.8, 4) is 0 Å². The molecule has 2 aromatic carbocycles. The number of aliphatic imine (C=N–C) groups is 4. The average Bonchev–Trinajstić information content (AvgIpc) is 3.11. The topological polar surface area (TPSA) is 108 Å². The first-order valence-electron chi connectivity index (χ1n) is 10.1. The van der Waals surface area contributed by atoms with Gasteiger partial charge in [0.2, 0.25) is 12.8 Å². The molecule has 32 heavy (non-hydrogen) atoms. The van der Waals surface area contributed by atoms with Crippen molar-refractivity contribution in [1.29, 1.82) is 0 Å². The molecule has 0 radical (unpaired) electrons. The van der Waals surface area contributed by atoms with E-state index in [1.54, 1.807) is 0 Å². The summed E-state index contributed by atoms with van der Waals surface area (Å²) >= 11 is 0. The number of nitrogens with zero attached hydrogens (tertiary/aromatic N) is 4. The van der Waals surface area contributed by atoms with E-state index < -0.39 is 0 Å². The Kier molecular flexibility index (Phi) is 5.09. The predicted molar refractivity (Wildman–Crippen MR) is 126 cm³/mol. The third kappa shape index (κ3) is 3.58. The second-order valence-electron chi connectivity index (χ2n) is 7.32. The molecule has 2 amide bonds. The number of carbonyl (C=O) groups is 2. The first-order chi connectivity index (χ1) is 15.8. The standard InChI is InChI=1S/C24H18N6O2/c31-13-27-19-7-3-1-5-16(19)21-10-15-9-18-23(29-21)25-12-26-24(18)30-22(11-15)17-6-2-4-8-20(17)28-14-32/h1-8,10-14,18H,9H2,(H,27,31)(H,28,32). The van der Waals surface area contributed by atoms with Crippen molar-refractivity contribution < 1.29 is 9.59 Å². The van der Waals surface area contributed by atoms with Crippen LogP contribution in [0.25, 0.3) is 5.70 Å². The van der Waals surface area contributed by atoms with E-state index in [-0.39, 0.29) is 5.92 Å². The first-order valence-corrected chi connectivity index (χ1v) is 10.1. The molecule has 0 aromatic heterocycles. The normalized spacial score (nSPS) is 18.6. The van der Waals surface area contributed by atoms with E-state index >= 15 is 0 Å². The highest BCUT2D eigenvalue weighted by Gasteiger charge is 2.31. The second kappa shape index (κ2) is 8.35. The summed E-state index contributed by atoms with van der Waals surface area (Å²) in [7, 11) is 0. The summed E-state index contributed by atoms with van der Waals surface area (Å²) < 4.78 is 0. The molecule has 2 bridgehead atoms. The summed E-state index contributed by atoms with van der Waals surface area (Å²) in [6.45, 7) is 0. The molecule has 0 spiro atoms. The van der Waals surface area contributed by atoms with E-state index in [1.807, 2.05) is 60.7 Å². The maximum atomic E-state index is 11.1. The van der Waals surface area contributed by atoms with Gasteiger partial charge in [0, 0.05) is 22.5 Å². The molecule has 5 rings (SSSR count). The zero-order valence-electron chi connectivity index (χ0n) is 16.9. The predicted octanol–water partition coefficient (Wildman–Crippen LogP) is 3.45. The third-order valence-electron chi connectivity index (χ3n) is 5.39. The van der Waals surface area contributed by atoms with Crippen molar-refractivity contribution in [2.75, 3.05) is 10.6 Å². The molecule has 0 aliphatic carbocycles. The maximum absolute atomic E-state index is 11.1. The number of hydrogen-bond acceptors (Lipinski definition) is 6. The monoisotopic (exact) mass is 422 g/mol. The summed E-state index contributed by atoms with van der Waals surface area (Å²) in [6.07, 6.45) is 7.37. The highest BCUT2D eigenvalue weighted by Crippen LogP contribution is 2.34. The van der Waals surface area contributed by atoms with E-state index in [1.165, 1.54) is 6.34 Å². The largest absolute Gasteiger partial charge is 0.328 e. The molecule has 2 aromatic rings. The Morgan fingerprint density at radius 2 is 1.50 bits per heavy atom. The van der Waals surface area contributed by atoms with Crippen LogP contribution in [-0.2, 0) is 9.59 Å². The van der Waals surface area contributed by atoms with Crippen LogP contribution < -0.4 is 10.6 Å². The lowest BCUT2D eigenvalue weighted by molar-refractivity contribution is -0.106. The van der Waals surface area contributed by atoms with Crippen LogP contribution in [-0.4, -0.2) is 36.5 Å². The molecule has 0 saturated carbocycles. The number of fused-ring (bicyclic) bond motifs is 1. The van der Waals surface area contributed by atoms with Crippen molar-refractivity contribution in [1.82, 2.24) is 0 Å². The smallest absolute Gasteiger partial charge is 0.211 e. The summed E-state index contributed by atoms with van der Waals surface area (Å²) in [5.74, 6) is 1.06. The minimum absolute atomic E-state index is 0.185. The van der Waals surface area contributed by atoms with Gasteiger partial charge in [-0.05, 0) is 36.3 Å². The van der Waals surface area contributed by atoms with Gasteiger partial charge in [0.1, 0.15) is 18.0 Å². The number of carbonyl (C=O) groups excluding carboxylic acids is 2. The Balaban J connectivity index is 1.69. The fraction of sp³-hybridized carbons (Fsp3) is 0.0833. The lowest BCUT2D eigenvalue weighted by atomic mass is 9.96. The van der Waals surface area contributed by atoms with Gasteiger partial charge in [-0.25, -0.2) is 20.0 Å². The van der Waals surface area contributed by atoms with Gasteiger partial charge in [0.05, 0.1) is 17.3 Å². The summed E-state index contributed by atoms with van der Waals surface area (Å²) in [5.41, 5.74) is 5.29. The second-order valence-corrected chi connectivity index (χ2v) is 7.32. The van der Waals surface area contributed by atoms with Gasteiger partial charge in [-0.3, -0.25) is 9.59 Å². The first kappa shape index (κ1) is 19.5. The average molecular weight is 422 g/mol. The molecule has 0 saturated heterocycles. The number of amidine groups is 2. The Labute approximate surface area is 183 Å². The van der Waals surface area contributed by atoms with E-state index in [2.05, 4.69) is 20.6 Å². The molecule has 3 aliphatic heterocycles. The molecular weight excluding hydrogens is 404 g/mol. The number of allylic oxidation sites excluding steroid dienone is 3. The van der Waals surface area contributed by atoms with Crippen LogP contribution >= 0.6 is 0 Å². The SMILES string of the molecule is O=CNc1ccccc1C1=CC2=CC(c3ccccc3NC=O)=NC3=NC=NC(=N1)C3C2. The van der Waals surface area contributed by atoms with Crippen LogP contribution in [0, 0.1) is 5.92 Å². The zero-order chi connectivity index (χ0) is 21.9. The van der Waals surface area contributed by atoms with E-state index in [0.717, 1.165) is 16.7 Å². The molecule has 156 valence electrons. The van der Waals surface area contributed by atoms with E-state index in [9.17, 15) is 9.59 Å². The lowest BCUT2D eigenvalue weighted by Gasteiger charge is -2.16. The van der Waals surface area contributed by atoms with Crippen molar-refractivity contribution in [3.63, 3.8) is 0 Å². The third-order valence-corrected chi connectivity index (χ3v) is 5.39. The Morgan fingerprint density at radius 3 is 2.25 bits per heavy atom. The number of anilines is 2. The molecule has 8 heteroatoms. The van der Waals surface area contributed by atoms with Crippen LogP contribution in [0.1, 0.15) is 17.5 Å². The van der Waals surface area contributed by atoms with Crippen LogP contribution in [0.15, 0.2) is 86.2 Å². The van der Waals surface area contributed by atoms with Crippen LogP contribution in [0.2, 0.25) is 0 Å². The minimum Gasteiger partial charge on any atom is -0.328 e. The molecular formula is C24H18N6O2. The summed E-state index contributed by atoms with van der Waals surface area (Å²) in [5, 5.41) is 5.48. The fourth-order valence-electron chi connectivity index (χ4n) is 3.96. The zero-order valence-corrected chi connectivity index (χ0v) is 16.9. The Hall–Kier alpha value is -4.46. The number of hydrogen-bond donors (Lipinski definition) is 2. The molecule has 3 heterocycles. The van der Waals surface area contributed by atoms with Gasteiger partial charge in [0.25, 0.3) is 0 Å². The number of rotatable bonds is 6. The summed E-state index contributed by atoms with van der Waals surface area (Å²) in [6, 6.07) is 15.0. The fourth-order valence-corrected chi connectivity index (χ4v) is 3.96. The molecule has 3 aliphatic rings. The van der Waals surface area contributed by atoms with Crippen LogP contribution in [0.5, 0.6) is 0 Å². The van der Waals surface area contributed by atoms with E-state index in [0.29, 0.717) is 53.7 Å². The number of benzene rings is 2. The maximum Gasteiger partial charge on any atom is 0.211 e. The van der Waals surface area contributed by atoms with Gasteiger partial charge >= 0.3 is 0 Å².